The maximum absolute atomic E-state index is 5.40. The summed E-state index contributed by atoms with van der Waals surface area (Å²) in [5.74, 6) is 0. The molecule has 1 heterocycles. The summed E-state index contributed by atoms with van der Waals surface area (Å²) < 4.78 is 10.3. The van der Waals surface area contributed by atoms with Crippen molar-refractivity contribution in [3.05, 3.63) is 0 Å². The molecule has 1 saturated heterocycles. The Morgan fingerprint density at radius 3 is 2.94 bits per heavy atom. The van der Waals surface area contributed by atoms with Crippen LogP contribution >= 0.6 is 0 Å². The Balaban J connectivity index is 1.77. The SMILES string of the molecule is COCCOCCCCNC1CCCNC1. The van der Waals surface area contributed by atoms with E-state index in [9.17, 15) is 0 Å². The van der Waals surface area contributed by atoms with Gasteiger partial charge < -0.3 is 20.1 Å². The molecule has 0 bridgehead atoms. The number of hydrogen-bond acceptors (Lipinski definition) is 4. The molecule has 96 valence electrons. The normalized spacial score (nSPS) is 21.2. The van der Waals surface area contributed by atoms with Crippen molar-refractivity contribution in [1.82, 2.24) is 10.6 Å². The maximum Gasteiger partial charge on any atom is 0.0700 e. The molecular weight excluding hydrogens is 204 g/mol. The van der Waals surface area contributed by atoms with Crippen LogP contribution in [0.1, 0.15) is 25.7 Å². The van der Waals surface area contributed by atoms with Gasteiger partial charge in [0.05, 0.1) is 13.2 Å². The molecule has 1 unspecified atom stereocenters. The smallest absolute Gasteiger partial charge is 0.0700 e. The van der Waals surface area contributed by atoms with Crippen LogP contribution in [0.3, 0.4) is 0 Å². The first-order valence-electron chi connectivity index (χ1n) is 6.44. The van der Waals surface area contributed by atoms with E-state index in [1.807, 2.05) is 0 Å². The van der Waals surface area contributed by atoms with Gasteiger partial charge in [-0.1, -0.05) is 0 Å². The lowest BCUT2D eigenvalue weighted by atomic mass is 10.1. The van der Waals surface area contributed by atoms with Gasteiger partial charge in [0.2, 0.25) is 0 Å². The molecule has 1 fully saturated rings. The first kappa shape index (κ1) is 13.9. The minimum absolute atomic E-state index is 0.683. The van der Waals surface area contributed by atoms with Gasteiger partial charge in [0.1, 0.15) is 0 Å². The van der Waals surface area contributed by atoms with Gasteiger partial charge in [-0.25, -0.2) is 0 Å². The highest BCUT2D eigenvalue weighted by Gasteiger charge is 2.10. The van der Waals surface area contributed by atoms with E-state index in [-0.39, 0.29) is 0 Å². The lowest BCUT2D eigenvalue weighted by molar-refractivity contribution is 0.0687. The Bertz CT molecular complexity index is 150. The number of hydrogen-bond donors (Lipinski definition) is 2. The van der Waals surface area contributed by atoms with Gasteiger partial charge >= 0.3 is 0 Å². The first-order valence-corrected chi connectivity index (χ1v) is 6.44. The van der Waals surface area contributed by atoms with Crippen molar-refractivity contribution in [2.75, 3.05) is 46.6 Å². The maximum atomic E-state index is 5.40. The molecule has 0 aromatic heterocycles. The first-order chi connectivity index (χ1) is 7.93. The van der Waals surface area contributed by atoms with Crippen molar-refractivity contribution in [1.29, 1.82) is 0 Å². The molecule has 0 aromatic rings. The number of ether oxygens (including phenoxy) is 2. The van der Waals surface area contributed by atoms with Gasteiger partial charge in [-0.05, 0) is 38.8 Å². The zero-order chi connectivity index (χ0) is 11.5. The summed E-state index contributed by atoms with van der Waals surface area (Å²) in [6, 6.07) is 0.683. The Labute approximate surface area is 99.1 Å². The number of methoxy groups -OCH3 is 1. The third kappa shape index (κ3) is 7.17. The van der Waals surface area contributed by atoms with Crippen LogP contribution < -0.4 is 10.6 Å². The summed E-state index contributed by atoms with van der Waals surface area (Å²) in [6.45, 7) is 5.70. The fourth-order valence-electron chi connectivity index (χ4n) is 1.91. The lowest BCUT2D eigenvalue weighted by Gasteiger charge is -2.23. The monoisotopic (exact) mass is 230 g/mol. The third-order valence-corrected chi connectivity index (χ3v) is 2.88. The minimum atomic E-state index is 0.683. The number of rotatable bonds is 9. The summed E-state index contributed by atoms with van der Waals surface area (Å²) in [5.41, 5.74) is 0. The van der Waals surface area contributed by atoms with Gasteiger partial charge in [-0.2, -0.15) is 0 Å². The fourth-order valence-corrected chi connectivity index (χ4v) is 1.91. The van der Waals surface area contributed by atoms with Crippen LogP contribution in [-0.4, -0.2) is 52.6 Å². The van der Waals surface area contributed by atoms with Crippen LogP contribution in [0.15, 0.2) is 0 Å². The molecule has 0 saturated carbocycles. The summed E-state index contributed by atoms with van der Waals surface area (Å²) in [5, 5.41) is 6.99. The Kier molecular flexibility index (Phi) is 8.71. The standard InChI is InChI=1S/C12H26N2O2/c1-15-9-10-16-8-3-2-7-14-12-5-4-6-13-11-12/h12-14H,2-11H2,1H3. The van der Waals surface area contributed by atoms with Gasteiger partial charge in [0.15, 0.2) is 0 Å². The van der Waals surface area contributed by atoms with Crippen LogP contribution in [0.25, 0.3) is 0 Å². The van der Waals surface area contributed by atoms with Crippen molar-refractivity contribution in [2.45, 2.75) is 31.7 Å². The molecule has 0 aromatic carbocycles. The molecule has 0 radical (unpaired) electrons. The molecule has 0 amide bonds. The summed E-state index contributed by atoms with van der Waals surface area (Å²) >= 11 is 0. The third-order valence-electron chi connectivity index (χ3n) is 2.88. The average Bonchev–Trinajstić information content (AvgIpc) is 2.34. The second-order valence-corrected chi connectivity index (χ2v) is 4.31. The van der Waals surface area contributed by atoms with Crippen molar-refractivity contribution in [3.63, 3.8) is 0 Å². The Morgan fingerprint density at radius 1 is 1.25 bits per heavy atom. The van der Waals surface area contributed by atoms with E-state index in [2.05, 4.69) is 10.6 Å². The molecule has 16 heavy (non-hydrogen) atoms. The minimum Gasteiger partial charge on any atom is -0.382 e. The van der Waals surface area contributed by atoms with E-state index in [1.54, 1.807) is 7.11 Å². The van der Waals surface area contributed by atoms with E-state index in [0.29, 0.717) is 12.6 Å². The van der Waals surface area contributed by atoms with Crippen LogP contribution in [0.2, 0.25) is 0 Å². The summed E-state index contributed by atoms with van der Waals surface area (Å²) in [6.07, 6.45) is 4.95. The molecule has 2 N–H and O–H groups in total. The topological polar surface area (TPSA) is 42.5 Å². The number of piperidine rings is 1. The lowest BCUT2D eigenvalue weighted by Crippen LogP contribution is -2.43. The van der Waals surface area contributed by atoms with E-state index in [4.69, 9.17) is 9.47 Å². The molecule has 1 aliphatic rings. The molecule has 1 atom stereocenters. The summed E-state index contributed by atoms with van der Waals surface area (Å²) in [4.78, 5) is 0. The Morgan fingerprint density at radius 2 is 2.19 bits per heavy atom. The molecular formula is C12H26N2O2. The van der Waals surface area contributed by atoms with E-state index in [1.165, 1.54) is 25.8 Å². The van der Waals surface area contributed by atoms with Crippen LogP contribution in [0, 0.1) is 0 Å². The fraction of sp³-hybridized carbons (Fsp3) is 1.00. The van der Waals surface area contributed by atoms with Crippen molar-refractivity contribution in [3.8, 4) is 0 Å². The Hall–Kier alpha value is -0.160. The molecule has 4 nitrogen and oxygen atoms in total. The zero-order valence-corrected chi connectivity index (χ0v) is 10.5. The highest BCUT2D eigenvalue weighted by molar-refractivity contribution is 4.74. The predicted molar refractivity (Wildman–Crippen MR) is 65.8 cm³/mol. The second kappa shape index (κ2) is 10.0. The van der Waals surface area contributed by atoms with Gasteiger partial charge in [0, 0.05) is 26.3 Å². The molecule has 0 aliphatic carbocycles. The highest BCUT2D eigenvalue weighted by atomic mass is 16.5. The predicted octanol–water partition coefficient (Wildman–Crippen LogP) is 0.771. The number of nitrogens with one attached hydrogen (secondary N) is 2. The summed E-state index contributed by atoms with van der Waals surface area (Å²) in [7, 11) is 1.70. The van der Waals surface area contributed by atoms with Gasteiger partial charge in [0.25, 0.3) is 0 Å². The number of unbranched alkanes of at least 4 members (excludes halogenated alkanes) is 1. The van der Waals surface area contributed by atoms with Crippen LogP contribution in [0.4, 0.5) is 0 Å². The van der Waals surface area contributed by atoms with E-state index >= 15 is 0 Å². The molecule has 4 heteroatoms. The largest absolute Gasteiger partial charge is 0.382 e. The van der Waals surface area contributed by atoms with Crippen LogP contribution in [0.5, 0.6) is 0 Å². The molecule has 1 aliphatic heterocycles. The molecule has 1 rings (SSSR count). The highest BCUT2D eigenvalue weighted by Crippen LogP contribution is 2.01. The van der Waals surface area contributed by atoms with Crippen molar-refractivity contribution < 1.29 is 9.47 Å². The van der Waals surface area contributed by atoms with Gasteiger partial charge in [-0.15, -0.1) is 0 Å². The van der Waals surface area contributed by atoms with E-state index < -0.39 is 0 Å². The quantitative estimate of drug-likeness (QED) is 0.574. The zero-order valence-electron chi connectivity index (χ0n) is 10.5. The van der Waals surface area contributed by atoms with E-state index in [0.717, 1.165) is 32.7 Å². The van der Waals surface area contributed by atoms with Crippen LogP contribution in [-0.2, 0) is 9.47 Å². The second-order valence-electron chi connectivity index (χ2n) is 4.31. The van der Waals surface area contributed by atoms with Gasteiger partial charge in [-0.3, -0.25) is 0 Å². The molecule has 0 spiro atoms. The average molecular weight is 230 g/mol. The van der Waals surface area contributed by atoms with Crippen molar-refractivity contribution in [2.24, 2.45) is 0 Å². The van der Waals surface area contributed by atoms with Crippen molar-refractivity contribution >= 4 is 0 Å².